The van der Waals surface area contributed by atoms with Crippen molar-refractivity contribution in [3.05, 3.63) is 0 Å². The van der Waals surface area contributed by atoms with Crippen molar-refractivity contribution >= 4 is 12.0 Å². The molecule has 0 aromatic carbocycles. The summed E-state index contributed by atoms with van der Waals surface area (Å²) in [5.41, 5.74) is -0.796. The van der Waals surface area contributed by atoms with Gasteiger partial charge in [0.15, 0.2) is 0 Å². The van der Waals surface area contributed by atoms with E-state index in [1.165, 1.54) is 0 Å². The molecule has 2 rings (SSSR count). The maximum absolute atomic E-state index is 12.1. The molecule has 0 bridgehead atoms. The molecule has 0 aromatic rings. The maximum Gasteiger partial charge on any atom is 0.410 e. The van der Waals surface area contributed by atoms with Gasteiger partial charge in [0.2, 0.25) is 0 Å². The van der Waals surface area contributed by atoms with E-state index in [0.717, 1.165) is 12.8 Å². The zero-order valence-corrected chi connectivity index (χ0v) is 14.3. The van der Waals surface area contributed by atoms with Gasteiger partial charge in [0.1, 0.15) is 11.7 Å². The van der Waals surface area contributed by atoms with E-state index in [4.69, 9.17) is 9.47 Å². The van der Waals surface area contributed by atoms with Crippen molar-refractivity contribution < 1.29 is 19.1 Å². The number of carbonyl (C=O) groups excluding carboxylic acids is 2. The molecule has 6 nitrogen and oxygen atoms in total. The number of amides is 2. The molecule has 6 heteroatoms. The fraction of sp³-hybridized carbons (Fsp3) is 0.875. The standard InChI is InChI=1S/C16H28N2O4/c1-6-17-11-16(21-12(2)13(17)19)7-9-18(10-8-16)14(20)22-15(3,4)5/h12H,6-11H2,1-5H3. The molecule has 0 radical (unpaired) electrons. The molecule has 1 atom stereocenters. The van der Waals surface area contributed by atoms with Gasteiger partial charge in [-0.3, -0.25) is 4.79 Å². The largest absolute Gasteiger partial charge is 0.444 e. The first-order valence-electron chi connectivity index (χ1n) is 8.10. The second-order valence-electron chi connectivity index (χ2n) is 7.26. The lowest BCUT2D eigenvalue weighted by Gasteiger charge is -2.48. The van der Waals surface area contributed by atoms with Crippen LogP contribution < -0.4 is 0 Å². The van der Waals surface area contributed by atoms with Gasteiger partial charge in [-0.05, 0) is 47.5 Å². The van der Waals surface area contributed by atoms with Crippen molar-refractivity contribution in [2.75, 3.05) is 26.2 Å². The number of hydrogen-bond acceptors (Lipinski definition) is 4. The topological polar surface area (TPSA) is 59.1 Å². The van der Waals surface area contributed by atoms with Gasteiger partial charge in [0, 0.05) is 26.2 Å². The van der Waals surface area contributed by atoms with Crippen LogP contribution >= 0.6 is 0 Å². The molecule has 126 valence electrons. The number of likely N-dealkylation sites (tertiary alicyclic amines) is 1. The lowest BCUT2D eigenvalue weighted by atomic mass is 9.88. The van der Waals surface area contributed by atoms with Gasteiger partial charge in [0.25, 0.3) is 5.91 Å². The highest BCUT2D eigenvalue weighted by molar-refractivity contribution is 5.81. The molecule has 0 N–H and O–H groups in total. The second-order valence-corrected chi connectivity index (χ2v) is 7.26. The summed E-state index contributed by atoms with van der Waals surface area (Å²) in [6.07, 6.45) is 0.803. The monoisotopic (exact) mass is 312 g/mol. The normalized spacial score (nSPS) is 25.5. The molecule has 2 saturated heterocycles. The third kappa shape index (κ3) is 3.72. The molecule has 2 aliphatic heterocycles. The predicted octanol–water partition coefficient (Wildman–Crippen LogP) is 2.02. The maximum atomic E-state index is 12.1. The van der Waals surface area contributed by atoms with Gasteiger partial charge >= 0.3 is 6.09 Å². The van der Waals surface area contributed by atoms with Crippen molar-refractivity contribution in [2.24, 2.45) is 0 Å². The van der Waals surface area contributed by atoms with E-state index in [9.17, 15) is 9.59 Å². The average Bonchev–Trinajstić information content (AvgIpc) is 2.42. The molecule has 1 unspecified atom stereocenters. The minimum absolute atomic E-state index is 0.0581. The average molecular weight is 312 g/mol. The van der Waals surface area contributed by atoms with Gasteiger partial charge in [0.05, 0.1) is 5.60 Å². The Morgan fingerprint density at radius 3 is 2.45 bits per heavy atom. The summed E-state index contributed by atoms with van der Waals surface area (Å²) in [6, 6.07) is 0. The van der Waals surface area contributed by atoms with Crippen LogP contribution in [0.15, 0.2) is 0 Å². The summed E-state index contributed by atoms with van der Waals surface area (Å²) < 4.78 is 11.4. The third-order valence-corrected chi connectivity index (χ3v) is 4.27. The van der Waals surface area contributed by atoms with E-state index in [2.05, 4.69) is 0 Å². The first kappa shape index (κ1) is 17.1. The lowest BCUT2D eigenvalue weighted by Crippen LogP contribution is -2.61. The molecule has 0 aromatic heterocycles. The van der Waals surface area contributed by atoms with Crippen LogP contribution in [-0.4, -0.2) is 65.3 Å². The zero-order chi connectivity index (χ0) is 16.5. The van der Waals surface area contributed by atoms with Crippen molar-refractivity contribution in [3.63, 3.8) is 0 Å². The fourth-order valence-corrected chi connectivity index (χ4v) is 3.11. The zero-order valence-electron chi connectivity index (χ0n) is 14.3. The Bertz CT molecular complexity index is 436. The van der Waals surface area contributed by atoms with Crippen LogP contribution in [0.2, 0.25) is 0 Å². The summed E-state index contributed by atoms with van der Waals surface area (Å²) in [5, 5.41) is 0. The van der Waals surface area contributed by atoms with Gasteiger partial charge in [-0.15, -0.1) is 0 Å². The molecular weight excluding hydrogens is 284 g/mol. The Balaban J connectivity index is 1.96. The third-order valence-electron chi connectivity index (χ3n) is 4.27. The van der Waals surface area contributed by atoms with E-state index in [-0.39, 0.29) is 17.6 Å². The quantitative estimate of drug-likeness (QED) is 0.743. The number of morpholine rings is 1. The summed E-state index contributed by atoms with van der Waals surface area (Å²) in [5.74, 6) is 0.0581. The molecular formula is C16H28N2O4. The molecule has 0 saturated carbocycles. The van der Waals surface area contributed by atoms with Crippen molar-refractivity contribution in [2.45, 2.75) is 64.8 Å². The number of likely N-dealkylation sites (N-methyl/N-ethyl adjacent to an activating group) is 1. The van der Waals surface area contributed by atoms with E-state index < -0.39 is 11.7 Å². The Labute approximate surface area is 132 Å². The molecule has 2 aliphatic rings. The van der Waals surface area contributed by atoms with Crippen molar-refractivity contribution in [1.82, 2.24) is 9.80 Å². The Morgan fingerprint density at radius 1 is 1.36 bits per heavy atom. The number of rotatable bonds is 1. The van der Waals surface area contributed by atoms with E-state index in [1.54, 1.807) is 4.90 Å². The van der Waals surface area contributed by atoms with Crippen LogP contribution in [0.5, 0.6) is 0 Å². The fourth-order valence-electron chi connectivity index (χ4n) is 3.11. The van der Waals surface area contributed by atoms with Gasteiger partial charge < -0.3 is 19.3 Å². The Kier molecular flexibility index (Phi) is 4.70. The summed E-state index contributed by atoms with van der Waals surface area (Å²) in [6.45, 7) is 11.9. The van der Waals surface area contributed by atoms with E-state index in [0.29, 0.717) is 26.2 Å². The minimum atomic E-state index is -0.479. The summed E-state index contributed by atoms with van der Waals surface area (Å²) in [7, 11) is 0. The van der Waals surface area contributed by atoms with Crippen LogP contribution in [0, 0.1) is 0 Å². The molecule has 2 fully saturated rings. The predicted molar refractivity (Wildman–Crippen MR) is 82.6 cm³/mol. The van der Waals surface area contributed by atoms with Crippen molar-refractivity contribution in [3.8, 4) is 0 Å². The number of piperidine rings is 1. The number of ether oxygens (including phenoxy) is 2. The van der Waals surface area contributed by atoms with Crippen molar-refractivity contribution in [1.29, 1.82) is 0 Å². The van der Waals surface area contributed by atoms with Gasteiger partial charge in [-0.2, -0.15) is 0 Å². The van der Waals surface area contributed by atoms with Crippen LogP contribution in [-0.2, 0) is 14.3 Å². The first-order valence-corrected chi connectivity index (χ1v) is 8.10. The SMILES string of the molecule is CCN1CC2(CCN(C(=O)OC(C)(C)C)CC2)OC(C)C1=O. The van der Waals surface area contributed by atoms with Gasteiger partial charge in [-0.25, -0.2) is 4.79 Å². The van der Waals surface area contributed by atoms with Crippen LogP contribution in [0.1, 0.15) is 47.5 Å². The summed E-state index contributed by atoms with van der Waals surface area (Å²) >= 11 is 0. The van der Waals surface area contributed by atoms with Crippen LogP contribution in [0.3, 0.4) is 0 Å². The van der Waals surface area contributed by atoms with Gasteiger partial charge in [-0.1, -0.05) is 0 Å². The minimum Gasteiger partial charge on any atom is -0.444 e. The molecule has 22 heavy (non-hydrogen) atoms. The van der Waals surface area contributed by atoms with E-state index >= 15 is 0 Å². The number of hydrogen-bond donors (Lipinski definition) is 0. The molecule has 0 aliphatic carbocycles. The Morgan fingerprint density at radius 2 is 1.95 bits per heavy atom. The highest BCUT2D eigenvalue weighted by atomic mass is 16.6. The van der Waals surface area contributed by atoms with E-state index in [1.807, 2.05) is 39.5 Å². The van der Waals surface area contributed by atoms with Crippen LogP contribution in [0.4, 0.5) is 4.79 Å². The Hall–Kier alpha value is -1.30. The first-order chi connectivity index (χ1) is 10.2. The second kappa shape index (κ2) is 6.07. The summed E-state index contributed by atoms with van der Waals surface area (Å²) in [4.78, 5) is 27.7. The lowest BCUT2D eigenvalue weighted by molar-refractivity contribution is -0.188. The molecule has 2 heterocycles. The highest BCUT2D eigenvalue weighted by Crippen LogP contribution is 2.33. The molecule has 2 amide bonds. The van der Waals surface area contributed by atoms with Crippen LogP contribution in [0.25, 0.3) is 0 Å². The number of nitrogens with zero attached hydrogens (tertiary/aromatic N) is 2. The molecule has 1 spiro atoms. The number of carbonyl (C=O) groups is 2. The highest BCUT2D eigenvalue weighted by Gasteiger charge is 2.45. The smallest absolute Gasteiger partial charge is 0.410 e.